The summed E-state index contributed by atoms with van der Waals surface area (Å²) in [5.41, 5.74) is 2.39. The Bertz CT molecular complexity index is 677. The highest BCUT2D eigenvalue weighted by Gasteiger charge is 2.31. The number of hydrogen-bond donors (Lipinski definition) is 1. The Hall–Kier alpha value is -1.92. The van der Waals surface area contributed by atoms with Crippen LogP contribution in [0.15, 0.2) is 42.7 Å². The normalized spacial score (nSPS) is 17.7. The lowest BCUT2D eigenvalue weighted by atomic mass is 9.93. The van der Waals surface area contributed by atoms with Crippen LogP contribution in [0.1, 0.15) is 28.3 Å². The Balaban J connectivity index is 1.99. The van der Waals surface area contributed by atoms with Crippen LogP contribution >= 0.6 is 0 Å². The predicted octanol–water partition coefficient (Wildman–Crippen LogP) is 3.40. The molecule has 1 aromatic heterocycles. The van der Waals surface area contributed by atoms with Gasteiger partial charge in [0.2, 0.25) is 0 Å². The van der Waals surface area contributed by atoms with E-state index >= 15 is 0 Å². The molecule has 1 N–H and O–H groups in total. The summed E-state index contributed by atoms with van der Waals surface area (Å²) in [5, 5.41) is 3.31. The van der Waals surface area contributed by atoms with Crippen molar-refractivity contribution in [3.8, 4) is 0 Å². The van der Waals surface area contributed by atoms with Gasteiger partial charge in [0.05, 0.1) is 11.6 Å². The van der Waals surface area contributed by atoms with E-state index in [1.165, 1.54) is 12.1 Å². The third-order valence-corrected chi connectivity index (χ3v) is 4.43. The molecule has 1 aromatic carbocycles. The van der Waals surface area contributed by atoms with Gasteiger partial charge in [0.15, 0.2) is 0 Å². The molecule has 1 atom stereocenters. The molecule has 1 saturated heterocycles. The number of benzene rings is 1. The van der Waals surface area contributed by atoms with Gasteiger partial charge in [-0.1, -0.05) is 12.1 Å². The van der Waals surface area contributed by atoms with Gasteiger partial charge in [-0.2, -0.15) is 13.2 Å². The number of aromatic nitrogens is 1. The van der Waals surface area contributed by atoms with Gasteiger partial charge in [-0.3, -0.25) is 9.88 Å². The van der Waals surface area contributed by atoms with E-state index < -0.39 is 11.7 Å². The first-order valence-electron chi connectivity index (χ1n) is 7.99. The number of rotatable bonds is 3. The van der Waals surface area contributed by atoms with Crippen molar-refractivity contribution in [2.45, 2.75) is 19.1 Å². The average molecular weight is 335 g/mol. The fourth-order valence-electron chi connectivity index (χ4n) is 3.17. The monoisotopic (exact) mass is 335 g/mol. The van der Waals surface area contributed by atoms with Crippen LogP contribution in [0.25, 0.3) is 0 Å². The van der Waals surface area contributed by atoms with E-state index in [2.05, 4.69) is 15.2 Å². The van der Waals surface area contributed by atoms with E-state index in [0.717, 1.165) is 42.9 Å². The topological polar surface area (TPSA) is 28.2 Å². The summed E-state index contributed by atoms with van der Waals surface area (Å²) in [4.78, 5) is 6.44. The quantitative estimate of drug-likeness (QED) is 0.932. The highest BCUT2D eigenvalue weighted by molar-refractivity contribution is 5.37. The number of aryl methyl sites for hydroxylation is 1. The Labute approximate surface area is 139 Å². The Morgan fingerprint density at radius 1 is 1.08 bits per heavy atom. The van der Waals surface area contributed by atoms with E-state index in [9.17, 15) is 13.2 Å². The van der Waals surface area contributed by atoms with Crippen molar-refractivity contribution in [3.63, 3.8) is 0 Å². The maximum atomic E-state index is 12.8. The number of nitrogens with zero attached hydrogens (tertiary/aromatic N) is 2. The minimum Gasteiger partial charge on any atom is -0.314 e. The third kappa shape index (κ3) is 3.60. The van der Waals surface area contributed by atoms with Gasteiger partial charge in [0, 0.05) is 38.6 Å². The zero-order chi connectivity index (χ0) is 17.2. The zero-order valence-electron chi connectivity index (χ0n) is 13.5. The molecule has 0 amide bonds. The van der Waals surface area contributed by atoms with Crippen LogP contribution in [-0.4, -0.2) is 36.1 Å². The first-order valence-corrected chi connectivity index (χ1v) is 7.99. The highest BCUT2D eigenvalue weighted by Crippen LogP contribution is 2.34. The predicted molar refractivity (Wildman–Crippen MR) is 86.7 cm³/mol. The van der Waals surface area contributed by atoms with Crippen LogP contribution in [-0.2, 0) is 6.18 Å². The maximum absolute atomic E-state index is 12.8. The van der Waals surface area contributed by atoms with E-state index in [1.807, 2.05) is 13.0 Å². The largest absolute Gasteiger partial charge is 0.416 e. The summed E-state index contributed by atoms with van der Waals surface area (Å²) in [6, 6.07) is 7.42. The number of nitrogens with one attached hydrogen (secondary N) is 1. The summed E-state index contributed by atoms with van der Waals surface area (Å²) in [7, 11) is 0. The maximum Gasteiger partial charge on any atom is 0.416 e. The number of halogens is 3. The van der Waals surface area contributed by atoms with Crippen molar-refractivity contribution >= 4 is 0 Å². The second-order valence-corrected chi connectivity index (χ2v) is 6.04. The molecular weight excluding hydrogens is 315 g/mol. The number of pyridine rings is 1. The van der Waals surface area contributed by atoms with E-state index in [4.69, 9.17) is 0 Å². The van der Waals surface area contributed by atoms with Crippen LogP contribution in [0.2, 0.25) is 0 Å². The lowest BCUT2D eigenvalue weighted by molar-refractivity contribution is -0.137. The van der Waals surface area contributed by atoms with Crippen LogP contribution in [0, 0.1) is 6.92 Å². The summed E-state index contributed by atoms with van der Waals surface area (Å²) in [6.45, 7) is 5.45. The van der Waals surface area contributed by atoms with Crippen molar-refractivity contribution < 1.29 is 13.2 Å². The molecule has 0 spiro atoms. The number of alkyl halides is 3. The molecule has 0 aliphatic carbocycles. The first kappa shape index (κ1) is 16.9. The molecule has 0 bridgehead atoms. The van der Waals surface area contributed by atoms with Gasteiger partial charge in [0.25, 0.3) is 0 Å². The average Bonchev–Trinajstić information content (AvgIpc) is 2.58. The van der Waals surface area contributed by atoms with Crippen LogP contribution in [0.5, 0.6) is 0 Å². The Kier molecular flexibility index (Phi) is 4.87. The van der Waals surface area contributed by atoms with E-state index in [0.29, 0.717) is 0 Å². The minimum atomic E-state index is -4.31. The van der Waals surface area contributed by atoms with Crippen molar-refractivity contribution in [2.24, 2.45) is 0 Å². The summed E-state index contributed by atoms with van der Waals surface area (Å²) in [5.74, 6) is 0. The van der Waals surface area contributed by atoms with Gasteiger partial charge in [-0.15, -0.1) is 0 Å². The van der Waals surface area contributed by atoms with E-state index in [1.54, 1.807) is 24.5 Å². The SMILES string of the molecule is Cc1cnccc1C(c1ccc(C(F)(F)F)cc1)N1CCNCC1. The summed E-state index contributed by atoms with van der Waals surface area (Å²) >= 11 is 0. The van der Waals surface area contributed by atoms with Gasteiger partial charge >= 0.3 is 6.18 Å². The van der Waals surface area contributed by atoms with Crippen molar-refractivity contribution in [1.82, 2.24) is 15.2 Å². The van der Waals surface area contributed by atoms with Crippen LogP contribution < -0.4 is 5.32 Å². The smallest absolute Gasteiger partial charge is 0.314 e. The lowest BCUT2D eigenvalue weighted by Crippen LogP contribution is -2.45. The molecule has 0 saturated carbocycles. The third-order valence-electron chi connectivity index (χ3n) is 4.43. The Morgan fingerprint density at radius 3 is 2.33 bits per heavy atom. The van der Waals surface area contributed by atoms with Gasteiger partial charge in [-0.05, 0) is 41.8 Å². The van der Waals surface area contributed by atoms with E-state index in [-0.39, 0.29) is 6.04 Å². The molecule has 2 heterocycles. The van der Waals surface area contributed by atoms with Gasteiger partial charge in [-0.25, -0.2) is 0 Å². The fourth-order valence-corrected chi connectivity index (χ4v) is 3.17. The zero-order valence-corrected chi connectivity index (χ0v) is 13.5. The molecule has 128 valence electrons. The number of hydrogen-bond acceptors (Lipinski definition) is 3. The standard InChI is InChI=1S/C18H20F3N3/c1-13-12-23-7-6-16(13)17(24-10-8-22-9-11-24)14-2-4-15(5-3-14)18(19,20)21/h2-7,12,17,22H,8-11H2,1H3. The molecule has 3 rings (SSSR count). The fraction of sp³-hybridized carbons (Fsp3) is 0.389. The van der Waals surface area contributed by atoms with Crippen molar-refractivity contribution in [3.05, 3.63) is 65.0 Å². The molecule has 1 aliphatic heterocycles. The van der Waals surface area contributed by atoms with Gasteiger partial charge < -0.3 is 5.32 Å². The summed E-state index contributed by atoms with van der Waals surface area (Å²) < 4.78 is 38.5. The van der Waals surface area contributed by atoms with Crippen molar-refractivity contribution in [1.29, 1.82) is 0 Å². The second kappa shape index (κ2) is 6.91. The van der Waals surface area contributed by atoms with Crippen molar-refractivity contribution in [2.75, 3.05) is 26.2 Å². The molecule has 2 aromatic rings. The molecule has 1 fully saturated rings. The van der Waals surface area contributed by atoms with Gasteiger partial charge in [0.1, 0.15) is 0 Å². The summed E-state index contributed by atoms with van der Waals surface area (Å²) in [6.07, 6.45) is -0.772. The molecule has 6 heteroatoms. The highest BCUT2D eigenvalue weighted by atomic mass is 19.4. The molecule has 1 unspecified atom stereocenters. The second-order valence-electron chi connectivity index (χ2n) is 6.04. The number of piperazine rings is 1. The lowest BCUT2D eigenvalue weighted by Gasteiger charge is -2.36. The molecule has 1 aliphatic rings. The Morgan fingerprint density at radius 2 is 1.75 bits per heavy atom. The first-order chi connectivity index (χ1) is 11.5. The van der Waals surface area contributed by atoms with Crippen LogP contribution in [0.4, 0.5) is 13.2 Å². The molecule has 0 radical (unpaired) electrons. The minimum absolute atomic E-state index is 0.0580. The molecular formula is C18H20F3N3. The van der Waals surface area contributed by atoms with Crippen LogP contribution in [0.3, 0.4) is 0 Å². The molecule has 3 nitrogen and oxygen atoms in total. The molecule has 24 heavy (non-hydrogen) atoms.